The Balaban J connectivity index is 1.83. The summed E-state index contributed by atoms with van der Waals surface area (Å²) in [5.74, 6) is -0.807. The number of nitrogen functional groups attached to an aromatic ring is 1. The summed E-state index contributed by atoms with van der Waals surface area (Å²) in [5, 5.41) is 12.7. The van der Waals surface area contributed by atoms with Crippen LogP contribution in [0.3, 0.4) is 0 Å². The van der Waals surface area contributed by atoms with Gasteiger partial charge < -0.3 is 20.6 Å². The first-order valence-corrected chi connectivity index (χ1v) is 9.12. The largest absolute Gasteiger partial charge is 0.508 e. The molecule has 2 aromatic heterocycles. The van der Waals surface area contributed by atoms with Crippen molar-refractivity contribution in [3.8, 4) is 5.75 Å². The van der Waals surface area contributed by atoms with Gasteiger partial charge in [-0.1, -0.05) is 35.9 Å². The molecule has 0 spiro atoms. The summed E-state index contributed by atoms with van der Waals surface area (Å²) in [6, 6.07) is 17.9. The first kappa shape index (κ1) is 18.6. The number of pyridine rings is 1. The number of aromatic nitrogens is 1. The molecule has 0 saturated carbocycles. The van der Waals surface area contributed by atoms with Crippen molar-refractivity contribution >= 4 is 40.2 Å². The third kappa shape index (κ3) is 3.41. The Morgan fingerprint density at radius 2 is 1.79 bits per heavy atom. The molecule has 0 radical (unpaired) electrons. The minimum Gasteiger partial charge on any atom is -0.508 e. The number of fused-ring (bicyclic) bond motifs is 1. The molecular formula is C22H16ClN3O3. The van der Waals surface area contributed by atoms with E-state index in [1.165, 1.54) is 12.1 Å². The molecule has 4 aromatic rings. The molecule has 2 heterocycles. The highest BCUT2D eigenvalue weighted by atomic mass is 35.5. The van der Waals surface area contributed by atoms with Crippen LogP contribution in [-0.4, -0.2) is 21.2 Å². The van der Waals surface area contributed by atoms with Gasteiger partial charge in [0.05, 0.1) is 16.8 Å². The van der Waals surface area contributed by atoms with Crippen LogP contribution in [0.1, 0.15) is 26.4 Å². The Bertz CT molecular complexity index is 1260. The fraction of sp³-hybridized carbons (Fsp3) is 0. The van der Waals surface area contributed by atoms with Gasteiger partial charge in [-0.25, -0.2) is 0 Å². The van der Waals surface area contributed by atoms with Crippen LogP contribution in [0.4, 0.5) is 11.4 Å². The summed E-state index contributed by atoms with van der Waals surface area (Å²) in [5.41, 5.74) is 8.00. The maximum atomic E-state index is 13.1. The summed E-state index contributed by atoms with van der Waals surface area (Å²) < 4.78 is 1.59. The van der Waals surface area contributed by atoms with Gasteiger partial charge in [0.15, 0.2) is 0 Å². The number of aromatic hydroxyl groups is 1. The predicted molar refractivity (Wildman–Crippen MR) is 113 cm³/mol. The Hall–Kier alpha value is -3.77. The molecular weight excluding hydrogens is 390 g/mol. The van der Waals surface area contributed by atoms with E-state index < -0.39 is 5.91 Å². The number of carbonyl (C=O) groups is 2. The van der Waals surface area contributed by atoms with Crippen LogP contribution in [0.15, 0.2) is 72.9 Å². The zero-order valence-corrected chi connectivity index (χ0v) is 15.9. The van der Waals surface area contributed by atoms with Crippen molar-refractivity contribution in [1.29, 1.82) is 0 Å². The molecule has 6 nitrogen and oxygen atoms in total. The molecule has 4 rings (SSSR count). The Kier molecular flexibility index (Phi) is 4.70. The lowest BCUT2D eigenvalue weighted by Gasteiger charge is -2.06. The number of phenols is 1. The maximum Gasteiger partial charge on any atom is 0.259 e. The van der Waals surface area contributed by atoms with Gasteiger partial charge in [0, 0.05) is 28.5 Å². The number of nitrogens with two attached hydrogens (primary N) is 1. The van der Waals surface area contributed by atoms with Crippen molar-refractivity contribution in [2.75, 3.05) is 11.1 Å². The molecule has 0 aliphatic rings. The van der Waals surface area contributed by atoms with E-state index in [4.69, 9.17) is 17.3 Å². The highest BCUT2D eigenvalue weighted by Crippen LogP contribution is 2.30. The number of phenolic OH excluding ortho intramolecular Hbond substituents is 1. The number of ketones is 1. The summed E-state index contributed by atoms with van der Waals surface area (Å²) in [6.07, 6.45) is 1.68. The second-order valence-corrected chi connectivity index (χ2v) is 6.87. The maximum absolute atomic E-state index is 13.1. The third-order valence-corrected chi connectivity index (χ3v) is 4.75. The SMILES string of the molecule is Nc1c(C(=O)Nc2cccc(O)c2)c2ccccn2c1C(=O)c1cccc(Cl)c1. The number of hydrogen-bond donors (Lipinski definition) is 3. The molecule has 0 atom stereocenters. The highest BCUT2D eigenvalue weighted by Gasteiger charge is 2.26. The summed E-state index contributed by atoms with van der Waals surface area (Å²) in [6.45, 7) is 0. The average molecular weight is 406 g/mol. The highest BCUT2D eigenvalue weighted by molar-refractivity contribution is 6.31. The fourth-order valence-electron chi connectivity index (χ4n) is 3.24. The van der Waals surface area contributed by atoms with Crippen LogP contribution < -0.4 is 11.1 Å². The van der Waals surface area contributed by atoms with Gasteiger partial charge in [0.2, 0.25) is 5.78 Å². The van der Waals surface area contributed by atoms with E-state index in [1.54, 1.807) is 65.2 Å². The molecule has 0 bridgehead atoms. The molecule has 7 heteroatoms. The minimum absolute atomic E-state index is 0.0225. The number of amides is 1. The molecule has 2 aromatic carbocycles. The second-order valence-electron chi connectivity index (χ2n) is 6.44. The van der Waals surface area contributed by atoms with Gasteiger partial charge in [-0.3, -0.25) is 9.59 Å². The van der Waals surface area contributed by atoms with Crippen molar-refractivity contribution in [1.82, 2.24) is 4.40 Å². The summed E-state index contributed by atoms with van der Waals surface area (Å²) in [4.78, 5) is 26.1. The van der Waals surface area contributed by atoms with Gasteiger partial charge >= 0.3 is 0 Å². The molecule has 144 valence electrons. The number of hydrogen-bond acceptors (Lipinski definition) is 4. The van der Waals surface area contributed by atoms with Gasteiger partial charge in [-0.15, -0.1) is 0 Å². The minimum atomic E-state index is -0.484. The van der Waals surface area contributed by atoms with Crippen LogP contribution in [-0.2, 0) is 0 Å². The van der Waals surface area contributed by atoms with E-state index in [1.807, 2.05) is 0 Å². The Morgan fingerprint density at radius 3 is 2.55 bits per heavy atom. The van der Waals surface area contributed by atoms with Crippen LogP contribution in [0.2, 0.25) is 5.02 Å². The predicted octanol–water partition coefficient (Wildman–Crippen LogP) is 4.36. The molecule has 0 unspecified atom stereocenters. The summed E-state index contributed by atoms with van der Waals surface area (Å²) >= 11 is 6.02. The van der Waals surface area contributed by atoms with Crippen LogP contribution >= 0.6 is 11.6 Å². The van der Waals surface area contributed by atoms with Crippen molar-refractivity contribution in [3.05, 3.63) is 94.8 Å². The van der Waals surface area contributed by atoms with E-state index in [-0.39, 0.29) is 28.5 Å². The molecule has 0 saturated heterocycles. The molecule has 0 fully saturated rings. The monoisotopic (exact) mass is 405 g/mol. The van der Waals surface area contributed by atoms with Crippen LogP contribution in [0.5, 0.6) is 5.75 Å². The number of carbonyl (C=O) groups excluding carboxylic acids is 2. The molecule has 0 aliphatic heterocycles. The summed E-state index contributed by atoms with van der Waals surface area (Å²) in [7, 11) is 0. The van der Waals surface area contributed by atoms with Gasteiger partial charge in [-0.2, -0.15) is 0 Å². The van der Waals surface area contributed by atoms with Gasteiger partial charge in [0.25, 0.3) is 5.91 Å². The van der Waals surface area contributed by atoms with Crippen molar-refractivity contribution in [3.63, 3.8) is 0 Å². The van der Waals surface area contributed by atoms with Crippen LogP contribution in [0, 0.1) is 0 Å². The van der Waals surface area contributed by atoms with E-state index in [2.05, 4.69) is 5.32 Å². The lowest BCUT2D eigenvalue weighted by atomic mass is 10.1. The first-order valence-electron chi connectivity index (χ1n) is 8.75. The van der Waals surface area contributed by atoms with Crippen molar-refractivity contribution < 1.29 is 14.7 Å². The topological polar surface area (TPSA) is 96.8 Å². The first-order chi connectivity index (χ1) is 14.0. The normalized spacial score (nSPS) is 10.8. The average Bonchev–Trinajstić information content (AvgIpc) is 2.99. The van der Waals surface area contributed by atoms with Gasteiger partial charge in [0.1, 0.15) is 11.4 Å². The van der Waals surface area contributed by atoms with E-state index >= 15 is 0 Å². The Labute approximate surface area is 171 Å². The van der Waals surface area contributed by atoms with E-state index in [9.17, 15) is 14.7 Å². The third-order valence-electron chi connectivity index (χ3n) is 4.51. The molecule has 4 N–H and O–H groups in total. The Morgan fingerprint density at radius 1 is 1.00 bits per heavy atom. The fourth-order valence-corrected chi connectivity index (χ4v) is 3.43. The zero-order chi connectivity index (χ0) is 20.5. The van der Waals surface area contributed by atoms with Gasteiger partial charge in [-0.05, 0) is 36.4 Å². The molecule has 29 heavy (non-hydrogen) atoms. The van der Waals surface area contributed by atoms with Crippen molar-refractivity contribution in [2.24, 2.45) is 0 Å². The lowest BCUT2D eigenvalue weighted by Crippen LogP contribution is -2.14. The standard InChI is InChI=1S/C22H16ClN3O3/c23-14-6-3-5-13(11-14)21(28)20-19(24)18(17-9-1-2-10-26(17)20)22(29)25-15-7-4-8-16(27)12-15/h1-12,27H,24H2,(H,25,29). The number of anilines is 2. The quantitative estimate of drug-likeness (QED) is 0.439. The van der Waals surface area contributed by atoms with E-state index in [0.29, 0.717) is 21.8 Å². The number of nitrogens with one attached hydrogen (secondary N) is 1. The number of benzene rings is 2. The molecule has 0 aliphatic carbocycles. The van der Waals surface area contributed by atoms with Crippen molar-refractivity contribution in [2.45, 2.75) is 0 Å². The number of rotatable bonds is 4. The molecule has 1 amide bonds. The number of halogens is 1. The second kappa shape index (κ2) is 7.33. The number of nitrogens with zero attached hydrogens (tertiary/aromatic N) is 1. The smallest absolute Gasteiger partial charge is 0.259 e. The van der Waals surface area contributed by atoms with Crippen LogP contribution in [0.25, 0.3) is 5.52 Å². The van der Waals surface area contributed by atoms with E-state index in [0.717, 1.165) is 0 Å². The lowest BCUT2D eigenvalue weighted by molar-refractivity contribution is 0.102. The zero-order valence-electron chi connectivity index (χ0n) is 15.1.